The SMILES string of the molecule is CC(C)c1c(N)ncnc1Oc1cc(Br)ccc1Cl. The van der Waals surface area contributed by atoms with Crippen molar-refractivity contribution in [1.82, 2.24) is 9.97 Å². The van der Waals surface area contributed by atoms with Crippen LogP contribution in [0, 0.1) is 0 Å². The largest absolute Gasteiger partial charge is 0.437 e. The Balaban J connectivity index is 2.44. The van der Waals surface area contributed by atoms with Gasteiger partial charge in [0.25, 0.3) is 0 Å². The van der Waals surface area contributed by atoms with Crippen molar-refractivity contribution in [2.24, 2.45) is 0 Å². The highest BCUT2D eigenvalue weighted by atomic mass is 79.9. The van der Waals surface area contributed by atoms with Crippen LogP contribution in [-0.2, 0) is 0 Å². The van der Waals surface area contributed by atoms with Gasteiger partial charge in [-0.1, -0.05) is 41.4 Å². The van der Waals surface area contributed by atoms with Crippen LogP contribution in [0.4, 0.5) is 5.82 Å². The van der Waals surface area contributed by atoms with E-state index in [9.17, 15) is 0 Å². The Morgan fingerprint density at radius 1 is 1.32 bits per heavy atom. The Bertz CT molecular complexity index is 604. The molecule has 0 aliphatic heterocycles. The van der Waals surface area contributed by atoms with Crippen molar-refractivity contribution in [2.45, 2.75) is 19.8 Å². The molecule has 1 heterocycles. The van der Waals surface area contributed by atoms with Crippen LogP contribution in [0.5, 0.6) is 11.6 Å². The molecule has 0 bridgehead atoms. The molecule has 0 atom stereocenters. The van der Waals surface area contributed by atoms with Gasteiger partial charge in [-0.3, -0.25) is 0 Å². The van der Waals surface area contributed by atoms with Crippen molar-refractivity contribution < 1.29 is 4.74 Å². The number of benzene rings is 1. The topological polar surface area (TPSA) is 61.0 Å². The van der Waals surface area contributed by atoms with Crippen LogP contribution in [0.1, 0.15) is 25.3 Å². The van der Waals surface area contributed by atoms with E-state index in [-0.39, 0.29) is 5.92 Å². The van der Waals surface area contributed by atoms with Gasteiger partial charge in [0.1, 0.15) is 17.9 Å². The van der Waals surface area contributed by atoms with Crippen LogP contribution in [0.15, 0.2) is 29.0 Å². The van der Waals surface area contributed by atoms with Gasteiger partial charge in [0.2, 0.25) is 5.88 Å². The fraction of sp³-hybridized carbons (Fsp3) is 0.231. The van der Waals surface area contributed by atoms with Crippen LogP contribution in [0.25, 0.3) is 0 Å². The number of hydrogen-bond acceptors (Lipinski definition) is 4. The first-order valence-electron chi connectivity index (χ1n) is 5.72. The average Bonchev–Trinajstić information content (AvgIpc) is 2.33. The molecule has 0 radical (unpaired) electrons. The van der Waals surface area contributed by atoms with E-state index in [1.807, 2.05) is 19.9 Å². The first-order valence-corrected chi connectivity index (χ1v) is 6.89. The maximum absolute atomic E-state index is 6.10. The Morgan fingerprint density at radius 2 is 2.05 bits per heavy atom. The first kappa shape index (κ1) is 14.1. The van der Waals surface area contributed by atoms with E-state index in [4.69, 9.17) is 22.1 Å². The van der Waals surface area contributed by atoms with Gasteiger partial charge in [0, 0.05) is 4.47 Å². The average molecular weight is 343 g/mol. The monoisotopic (exact) mass is 341 g/mol. The molecule has 0 saturated carbocycles. The lowest BCUT2D eigenvalue weighted by Crippen LogP contribution is -2.04. The second-order valence-electron chi connectivity index (χ2n) is 4.31. The van der Waals surface area contributed by atoms with Crippen LogP contribution < -0.4 is 10.5 Å². The zero-order valence-corrected chi connectivity index (χ0v) is 12.9. The molecule has 1 aromatic heterocycles. The van der Waals surface area contributed by atoms with E-state index < -0.39 is 0 Å². The number of rotatable bonds is 3. The van der Waals surface area contributed by atoms with Crippen LogP contribution in [-0.4, -0.2) is 9.97 Å². The molecule has 6 heteroatoms. The highest BCUT2D eigenvalue weighted by Crippen LogP contribution is 2.35. The van der Waals surface area contributed by atoms with E-state index in [1.165, 1.54) is 6.33 Å². The van der Waals surface area contributed by atoms with E-state index in [2.05, 4.69) is 25.9 Å². The van der Waals surface area contributed by atoms with Crippen molar-refractivity contribution in [3.05, 3.63) is 39.6 Å². The van der Waals surface area contributed by atoms with Gasteiger partial charge in [-0.2, -0.15) is 0 Å². The molecule has 19 heavy (non-hydrogen) atoms. The molecule has 2 N–H and O–H groups in total. The summed E-state index contributed by atoms with van der Waals surface area (Å²) in [5.74, 6) is 1.53. The molecule has 1 aromatic carbocycles. The molecule has 100 valence electrons. The molecular formula is C13H13BrClN3O. The summed E-state index contributed by atoms with van der Waals surface area (Å²) in [4.78, 5) is 8.13. The maximum Gasteiger partial charge on any atom is 0.227 e. The van der Waals surface area contributed by atoms with Crippen molar-refractivity contribution in [3.63, 3.8) is 0 Å². The summed E-state index contributed by atoms with van der Waals surface area (Å²) < 4.78 is 6.65. The zero-order chi connectivity index (χ0) is 14.0. The van der Waals surface area contributed by atoms with Crippen molar-refractivity contribution in [3.8, 4) is 11.6 Å². The Labute approximate surface area is 125 Å². The predicted molar refractivity (Wildman–Crippen MR) is 79.8 cm³/mol. The van der Waals surface area contributed by atoms with Gasteiger partial charge in [-0.05, 0) is 24.1 Å². The van der Waals surface area contributed by atoms with Crippen LogP contribution in [0.2, 0.25) is 5.02 Å². The second-order valence-corrected chi connectivity index (χ2v) is 5.63. The van der Waals surface area contributed by atoms with Gasteiger partial charge in [-0.15, -0.1) is 0 Å². The van der Waals surface area contributed by atoms with Gasteiger partial charge in [0.15, 0.2) is 0 Å². The standard InChI is InChI=1S/C13H13BrClN3O/c1-7(2)11-12(16)17-6-18-13(11)19-10-5-8(14)3-4-9(10)15/h3-7H,1-2H3,(H2,16,17,18). The van der Waals surface area contributed by atoms with Crippen LogP contribution in [0.3, 0.4) is 0 Å². The molecule has 0 aliphatic rings. The predicted octanol–water partition coefficient (Wildman–Crippen LogP) is 4.39. The summed E-state index contributed by atoms with van der Waals surface area (Å²) in [6.45, 7) is 4.01. The summed E-state index contributed by atoms with van der Waals surface area (Å²) in [6, 6.07) is 5.37. The number of halogens is 2. The fourth-order valence-electron chi connectivity index (χ4n) is 1.68. The lowest BCUT2D eigenvalue weighted by molar-refractivity contribution is 0.452. The second kappa shape index (κ2) is 5.75. The van der Waals surface area contributed by atoms with E-state index in [0.717, 1.165) is 10.0 Å². The highest BCUT2D eigenvalue weighted by Gasteiger charge is 2.16. The third-order valence-corrected chi connectivity index (χ3v) is 3.36. The molecule has 4 nitrogen and oxygen atoms in total. The number of ether oxygens (including phenoxy) is 1. The highest BCUT2D eigenvalue weighted by molar-refractivity contribution is 9.10. The van der Waals surface area contributed by atoms with Crippen molar-refractivity contribution in [1.29, 1.82) is 0 Å². The fourth-order valence-corrected chi connectivity index (χ4v) is 2.17. The minimum atomic E-state index is 0.155. The summed E-state index contributed by atoms with van der Waals surface area (Å²) in [5.41, 5.74) is 6.65. The maximum atomic E-state index is 6.10. The number of nitrogens with two attached hydrogens (primary N) is 1. The summed E-state index contributed by atoms with van der Waals surface area (Å²) in [6.07, 6.45) is 1.38. The Kier molecular flexibility index (Phi) is 4.27. The number of hydrogen-bond donors (Lipinski definition) is 1. The third kappa shape index (κ3) is 3.16. The number of anilines is 1. The Morgan fingerprint density at radius 3 is 2.74 bits per heavy atom. The molecule has 0 aliphatic carbocycles. The summed E-state index contributed by atoms with van der Waals surface area (Å²) in [7, 11) is 0. The molecule has 2 aromatic rings. The molecule has 0 spiro atoms. The first-order chi connectivity index (χ1) is 8.99. The molecule has 0 saturated heterocycles. The normalized spacial score (nSPS) is 10.8. The third-order valence-electron chi connectivity index (χ3n) is 2.56. The molecule has 0 unspecified atom stereocenters. The minimum Gasteiger partial charge on any atom is -0.437 e. The zero-order valence-electron chi connectivity index (χ0n) is 10.5. The van der Waals surface area contributed by atoms with E-state index >= 15 is 0 Å². The molecule has 2 rings (SSSR count). The smallest absolute Gasteiger partial charge is 0.227 e. The van der Waals surface area contributed by atoms with Gasteiger partial charge < -0.3 is 10.5 Å². The summed E-state index contributed by atoms with van der Waals surface area (Å²) in [5, 5.41) is 0.509. The number of nitrogens with zero attached hydrogens (tertiary/aromatic N) is 2. The minimum absolute atomic E-state index is 0.155. The lowest BCUT2D eigenvalue weighted by Gasteiger charge is -2.14. The van der Waals surface area contributed by atoms with Crippen LogP contribution >= 0.6 is 27.5 Å². The van der Waals surface area contributed by atoms with Crippen molar-refractivity contribution in [2.75, 3.05) is 5.73 Å². The van der Waals surface area contributed by atoms with E-state index in [1.54, 1.807) is 12.1 Å². The van der Waals surface area contributed by atoms with Crippen molar-refractivity contribution >= 4 is 33.3 Å². The summed E-state index contributed by atoms with van der Waals surface area (Å²) >= 11 is 9.47. The van der Waals surface area contributed by atoms with Gasteiger partial charge in [0.05, 0.1) is 10.6 Å². The lowest BCUT2D eigenvalue weighted by atomic mass is 10.1. The molecule has 0 fully saturated rings. The Hall–Kier alpha value is -1.33. The van der Waals surface area contributed by atoms with E-state index in [0.29, 0.717) is 22.5 Å². The van der Waals surface area contributed by atoms with Gasteiger partial charge in [-0.25, -0.2) is 9.97 Å². The number of nitrogen functional groups attached to an aromatic ring is 1. The van der Waals surface area contributed by atoms with Gasteiger partial charge >= 0.3 is 0 Å². The molecule has 0 amide bonds. The molecular weight excluding hydrogens is 330 g/mol. The number of aromatic nitrogens is 2. The quantitative estimate of drug-likeness (QED) is 0.898.